The first-order valence-corrected chi connectivity index (χ1v) is 8.01. The molecule has 0 atom stereocenters. The lowest BCUT2D eigenvalue weighted by atomic mass is 10.1. The number of fused-ring (bicyclic) bond motifs is 1. The second-order valence-corrected chi connectivity index (χ2v) is 6.27. The number of nitrogens with zero attached hydrogens (tertiary/aromatic N) is 1. The molecule has 0 radical (unpaired) electrons. The molecule has 0 aliphatic heterocycles. The Hall–Kier alpha value is -2.62. The van der Waals surface area contributed by atoms with Crippen molar-refractivity contribution in [1.29, 1.82) is 0 Å². The Labute approximate surface area is 141 Å². The van der Waals surface area contributed by atoms with E-state index in [1.165, 1.54) is 17.7 Å². The Morgan fingerprint density at radius 1 is 1.17 bits per heavy atom. The van der Waals surface area contributed by atoms with Crippen LogP contribution in [0.5, 0.6) is 0 Å². The van der Waals surface area contributed by atoms with E-state index in [0.29, 0.717) is 6.54 Å². The summed E-state index contributed by atoms with van der Waals surface area (Å²) in [7, 11) is 1.81. The van der Waals surface area contributed by atoms with E-state index in [0.717, 1.165) is 27.7 Å². The lowest BCUT2D eigenvalue weighted by Gasteiger charge is -2.18. The van der Waals surface area contributed by atoms with E-state index in [-0.39, 0.29) is 18.1 Å². The van der Waals surface area contributed by atoms with Gasteiger partial charge in [-0.3, -0.25) is 4.79 Å². The molecule has 0 spiro atoms. The molecule has 0 unspecified atom stereocenters. The van der Waals surface area contributed by atoms with Crippen molar-refractivity contribution < 1.29 is 9.18 Å². The van der Waals surface area contributed by atoms with Gasteiger partial charge in [-0.1, -0.05) is 24.3 Å². The van der Waals surface area contributed by atoms with E-state index in [1.54, 1.807) is 18.0 Å². The largest absolute Gasteiger partial charge is 0.358 e. The molecule has 124 valence electrons. The van der Waals surface area contributed by atoms with Crippen LogP contribution in [0.3, 0.4) is 0 Å². The summed E-state index contributed by atoms with van der Waals surface area (Å²) in [5.41, 5.74) is 4.94. The third kappa shape index (κ3) is 3.18. The maximum absolute atomic E-state index is 13.5. The molecule has 1 heterocycles. The van der Waals surface area contributed by atoms with Crippen LogP contribution in [0.1, 0.15) is 22.4 Å². The first-order valence-electron chi connectivity index (χ1n) is 8.01. The number of halogens is 1. The van der Waals surface area contributed by atoms with Crippen LogP contribution in [-0.4, -0.2) is 22.8 Å². The molecule has 3 aromatic rings. The Bertz CT molecular complexity index is 898. The first kappa shape index (κ1) is 16.2. The van der Waals surface area contributed by atoms with Gasteiger partial charge >= 0.3 is 0 Å². The molecule has 0 bridgehead atoms. The van der Waals surface area contributed by atoms with Gasteiger partial charge in [-0.2, -0.15) is 0 Å². The summed E-state index contributed by atoms with van der Waals surface area (Å²) in [6.45, 7) is 4.53. The number of hydrogen-bond acceptors (Lipinski definition) is 1. The van der Waals surface area contributed by atoms with Gasteiger partial charge in [0.1, 0.15) is 5.82 Å². The maximum Gasteiger partial charge on any atom is 0.227 e. The van der Waals surface area contributed by atoms with E-state index in [9.17, 15) is 9.18 Å². The van der Waals surface area contributed by atoms with Crippen molar-refractivity contribution in [1.82, 2.24) is 9.88 Å². The van der Waals surface area contributed by atoms with Gasteiger partial charge in [-0.25, -0.2) is 4.39 Å². The van der Waals surface area contributed by atoms with Crippen molar-refractivity contribution in [3.05, 3.63) is 70.7 Å². The first-order chi connectivity index (χ1) is 11.5. The average molecular weight is 324 g/mol. The van der Waals surface area contributed by atoms with Crippen molar-refractivity contribution >= 4 is 16.8 Å². The SMILES string of the molecule is Cc1ccccc1CN(C)C(=O)Cc1c(C)[nH]c2ccc(F)cc12. The molecule has 24 heavy (non-hydrogen) atoms. The van der Waals surface area contributed by atoms with Gasteiger partial charge in [0.2, 0.25) is 5.91 Å². The summed E-state index contributed by atoms with van der Waals surface area (Å²) >= 11 is 0. The highest BCUT2D eigenvalue weighted by Gasteiger charge is 2.16. The Morgan fingerprint density at radius 3 is 2.67 bits per heavy atom. The summed E-state index contributed by atoms with van der Waals surface area (Å²) in [5, 5.41) is 0.783. The van der Waals surface area contributed by atoms with E-state index >= 15 is 0 Å². The van der Waals surface area contributed by atoms with Gasteiger partial charge in [0, 0.05) is 30.2 Å². The number of benzene rings is 2. The molecule has 0 aliphatic rings. The van der Waals surface area contributed by atoms with Crippen LogP contribution in [0.25, 0.3) is 10.9 Å². The number of nitrogens with one attached hydrogen (secondary N) is 1. The number of aromatic nitrogens is 1. The van der Waals surface area contributed by atoms with Crippen LogP contribution < -0.4 is 0 Å². The zero-order valence-corrected chi connectivity index (χ0v) is 14.2. The fourth-order valence-corrected chi connectivity index (χ4v) is 3.00. The monoisotopic (exact) mass is 324 g/mol. The van der Waals surface area contributed by atoms with Crippen LogP contribution in [0.4, 0.5) is 4.39 Å². The number of aromatic amines is 1. The smallest absolute Gasteiger partial charge is 0.227 e. The fourth-order valence-electron chi connectivity index (χ4n) is 3.00. The lowest BCUT2D eigenvalue weighted by Crippen LogP contribution is -2.28. The second-order valence-electron chi connectivity index (χ2n) is 6.27. The van der Waals surface area contributed by atoms with Crippen molar-refractivity contribution in [2.45, 2.75) is 26.8 Å². The minimum atomic E-state index is -0.288. The standard InChI is InChI=1S/C20H21FN2O/c1-13-6-4-5-7-15(13)12-23(3)20(24)11-17-14(2)22-19-9-8-16(21)10-18(17)19/h4-10,22H,11-12H2,1-3H3. The van der Waals surface area contributed by atoms with Crippen LogP contribution in [0.2, 0.25) is 0 Å². The Morgan fingerprint density at radius 2 is 1.92 bits per heavy atom. The number of H-pyrrole nitrogens is 1. The minimum absolute atomic E-state index is 0.0199. The number of likely N-dealkylation sites (N-methyl/N-ethyl adjacent to an activating group) is 1. The summed E-state index contributed by atoms with van der Waals surface area (Å²) in [5.74, 6) is -0.269. The van der Waals surface area contributed by atoms with Gasteiger partial charge in [0.25, 0.3) is 0 Å². The third-order valence-electron chi connectivity index (χ3n) is 4.50. The molecular weight excluding hydrogens is 303 g/mol. The minimum Gasteiger partial charge on any atom is -0.358 e. The fraction of sp³-hybridized carbons (Fsp3) is 0.250. The quantitative estimate of drug-likeness (QED) is 0.770. The van der Waals surface area contributed by atoms with E-state index < -0.39 is 0 Å². The highest BCUT2D eigenvalue weighted by molar-refractivity contribution is 5.90. The number of rotatable bonds is 4. The molecule has 2 aromatic carbocycles. The molecule has 3 nitrogen and oxygen atoms in total. The summed E-state index contributed by atoms with van der Waals surface area (Å²) in [6.07, 6.45) is 0.262. The number of hydrogen-bond donors (Lipinski definition) is 1. The summed E-state index contributed by atoms with van der Waals surface area (Å²) < 4.78 is 13.5. The predicted octanol–water partition coefficient (Wildman–Crippen LogP) is 4.12. The van der Waals surface area contributed by atoms with Crippen LogP contribution >= 0.6 is 0 Å². The van der Waals surface area contributed by atoms with Gasteiger partial charge in [-0.05, 0) is 48.7 Å². The number of aryl methyl sites for hydroxylation is 2. The van der Waals surface area contributed by atoms with E-state index in [4.69, 9.17) is 0 Å². The number of amides is 1. The normalized spacial score (nSPS) is 11.0. The lowest BCUT2D eigenvalue weighted by molar-refractivity contribution is -0.129. The topological polar surface area (TPSA) is 36.1 Å². The third-order valence-corrected chi connectivity index (χ3v) is 4.50. The molecule has 0 aliphatic carbocycles. The van der Waals surface area contributed by atoms with Gasteiger partial charge in [0.15, 0.2) is 0 Å². The van der Waals surface area contributed by atoms with Gasteiger partial charge < -0.3 is 9.88 Å². The molecule has 0 saturated heterocycles. The van der Waals surface area contributed by atoms with Gasteiger partial charge in [-0.15, -0.1) is 0 Å². The Kier molecular flexibility index (Phi) is 4.38. The zero-order valence-electron chi connectivity index (χ0n) is 14.2. The van der Waals surface area contributed by atoms with Crippen LogP contribution in [0, 0.1) is 19.7 Å². The number of carbonyl (C=O) groups excluding carboxylic acids is 1. The summed E-state index contributed by atoms with van der Waals surface area (Å²) in [6, 6.07) is 12.7. The molecule has 1 aromatic heterocycles. The highest BCUT2D eigenvalue weighted by Crippen LogP contribution is 2.24. The molecule has 1 N–H and O–H groups in total. The molecular formula is C20H21FN2O. The van der Waals surface area contributed by atoms with Crippen molar-refractivity contribution in [2.75, 3.05) is 7.05 Å². The van der Waals surface area contributed by atoms with Gasteiger partial charge in [0.05, 0.1) is 6.42 Å². The van der Waals surface area contributed by atoms with Crippen LogP contribution in [-0.2, 0) is 17.8 Å². The predicted molar refractivity (Wildman–Crippen MR) is 94.4 cm³/mol. The maximum atomic E-state index is 13.5. The van der Waals surface area contributed by atoms with Crippen LogP contribution in [0.15, 0.2) is 42.5 Å². The van der Waals surface area contributed by atoms with Crippen molar-refractivity contribution in [3.8, 4) is 0 Å². The molecule has 1 amide bonds. The summed E-state index contributed by atoms with van der Waals surface area (Å²) in [4.78, 5) is 17.6. The van der Waals surface area contributed by atoms with Crippen molar-refractivity contribution in [2.24, 2.45) is 0 Å². The van der Waals surface area contributed by atoms with Crippen molar-refractivity contribution in [3.63, 3.8) is 0 Å². The molecule has 4 heteroatoms. The average Bonchev–Trinajstić information content (AvgIpc) is 2.85. The highest BCUT2D eigenvalue weighted by atomic mass is 19.1. The molecule has 3 rings (SSSR count). The van der Waals surface area contributed by atoms with E-state index in [1.807, 2.05) is 38.1 Å². The molecule has 0 fully saturated rings. The molecule has 0 saturated carbocycles. The van der Waals surface area contributed by atoms with E-state index in [2.05, 4.69) is 4.98 Å². The zero-order chi connectivity index (χ0) is 17.3. The Balaban J connectivity index is 1.81. The number of carbonyl (C=O) groups is 1. The second kappa shape index (κ2) is 6.48.